The van der Waals surface area contributed by atoms with E-state index in [1.165, 1.54) is 0 Å². The zero-order chi connectivity index (χ0) is 28.5. The van der Waals surface area contributed by atoms with E-state index < -0.39 is 0 Å². The summed E-state index contributed by atoms with van der Waals surface area (Å²) >= 11 is 19.2. The van der Waals surface area contributed by atoms with Gasteiger partial charge >= 0.3 is 0 Å². The van der Waals surface area contributed by atoms with E-state index in [2.05, 4.69) is 31.9 Å². The molecule has 0 N–H and O–H groups in total. The SMILES string of the molecule is O=C(COc1ccc(Br)cc1Cl)N(CCN(C(=O)COc1ccc(Br)cc1Cl)c1ccccc1)c1ccccc1. The third-order valence-electron chi connectivity index (χ3n) is 5.78. The van der Waals surface area contributed by atoms with Crippen LogP contribution in [0, 0.1) is 0 Å². The molecule has 0 fully saturated rings. The lowest BCUT2D eigenvalue weighted by molar-refractivity contribution is -0.122. The van der Waals surface area contributed by atoms with E-state index in [1.807, 2.05) is 60.7 Å². The lowest BCUT2D eigenvalue weighted by Crippen LogP contribution is -2.44. The average Bonchev–Trinajstić information content (AvgIpc) is 2.95. The third kappa shape index (κ3) is 8.24. The van der Waals surface area contributed by atoms with Crippen molar-refractivity contribution in [1.29, 1.82) is 0 Å². The normalized spacial score (nSPS) is 10.6. The molecule has 0 aromatic heterocycles. The van der Waals surface area contributed by atoms with Crippen molar-refractivity contribution in [2.24, 2.45) is 0 Å². The summed E-state index contributed by atoms with van der Waals surface area (Å²) in [7, 11) is 0. The topological polar surface area (TPSA) is 59.1 Å². The summed E-state index contributed by atoms with van der Waals surface area (Å²) in [6, 6.07) is 28.8. The Balaban J connectivity index is 1.50. The van der Waals surface area contributed by atoms with E-state index in [9.17, 15) is 9.59 Å². The van der Waals surface area contributed by atoms with Gasteiger partial charge < -0.3 is 19.3 Å². The van der Waals surface area contributed by atoms with E-state index in [1.54, 1.807) is 46.2 Å². The first-order valence-corrected chi connectivity index (χ1v) is 14.5. The molecule has 2 amide bonds. The Morgan fingerprint density at radius 2 is 0.975 bits per heavy atom. The molecule has 0 unspecified atom stereocenters. The van der Waals surface area contributed by atoms with Gasteiger partial charge in [-0.25, -0.2) is 0 Å². The van der Waals surface area contributed by atoms with Crippen molar-refractivity contribution in [1.82, 2.24) is 0 Å². The second-order valence-corrected chi connectivity index (χ2v) is 11.1. The lowest BCUT2D eigenvalue weighted by atomic mass is 10.2. The smallest absolute Gasteiger partial charge is 0.264 e. The van der Waals surface area contributed by atoms with Crippen LogP contribution in [-0.2, 0) is 9.59 Å². The fourth-order valence-corrected chi connectivity index (χ4v) is 5.29. The van der Waals surface area contributed by atoms with Crippen LogP contribution in [0.5, 0.6) is 11.5 Å². The van der Waals surface area contributed by atoms with Gasteiger partial charge in [-0.3, -0.25) is 9.59 Å². The predicted molar refractivity (Wildman–Crippen MR) is 167 cm³/mol. The molecule has 206 valence electrons. The molecule has 0 atom stereocenters. The Labute approximate surface area is 259 Å². The molecule has 0 aliphatic heterocycles. The number of rotatable bonds is 11. The fraction of sp³-hybridized carbons (Fsp3) is 0.133. The van der Waals surface area contributed by atoms with Crippen molar-refractivity contribution in [2.45, 2.75) is 0 Å². The van der Waals surface area contributed by atoms with Gasteiger partial charge in [-0.15, -0.1) is 0 Å². The summed E-state index contributed by atoms with van der Waals surface area (Å²) in [5.74, 6) is 0.221. The Kier molecular flexibility index (Phi) is 10.9. The minimum Gasteiger partial charge on any atom is -0.482 e. The summed E-state index contributed by atoms with van der Waals surface area (Å²) in [4.78, 5) is 30.0. The summed E-state index contributed by atoms with van der Waals surface area (Å²) < 4.78 is 13.1. The van der Waals surface area contributed by atoms with Crippen molar-refractivity contribution in [3.8, 4) is 11.5 Å². The van der Waals surface area contributed by atoms with Gasteiger partial charge in [-0.1, -0.05) is 91.5 Å². The van der Waals surface area contributed by atoms with Crippen molar-refractivity contribution in [2.75, 3.05) is 36.1 Å². The Hall–Kier alpha value is -3.04. The number of hydrogen-bond acceptors (Lipinski definition) is 4. The molecule has 0 aliphatic carbocycles. The number of carbonyl (C=O) groups excluding carboxylic acids is 2. The van der Waals surface area contributed by atoms with Crippen LogP contribution in [0.4, 0.5) is 11.4 Å². The van der Waals surface area contributed by atoms with Gasteiger partial charge in [0, 0.05) is 33.4 Å². The molecule has 0 radical (unpaired) electrons. The quantitative estimate of drug-likeness (QED) is 0.159. The zero-order valence-corrected chi connectivity index (χ0v) is 25.8. The lowest BCUT2D eigenvalue weighted by Gasteiger charge is -2.28. The molecular weight excluding hydrogens is 683 g/mol. The van der Waals surface area contributed by atoms with Crippen LogP contribution >= 0.6 is 55.1 Å². The van der Waals surface area contributed by atoms with Crippen LogP contribution < -0.4 is 19.3 Å². The number of nitrogens with zero attached hydrogens (tertiary/aromatic N) is 2. The van der Waals surface area contributed by atoms with Crippen molar-refractivity contribution in [3.63, 3.8) is 0 Å². The van der Waals surface area contributed by atoms with Gasteiger partial charge in [-0.2, -0.15) is 0 Å². The van der Waals surface area contributed by atoms with E-state index in [0.29, 0.717) is 32.9 Å². The second-order valence-electron chi connectivity index (χ2n) is 8.49. The molecular formula is C30H24Br2Cl2N2O4. The summed E-state index contributed by atoms with van der Waals surface area (Å²) in [5.41, 5.74) is 1.35. The highest BCUT2D eigenvalue weighted by atomic mass is 79.9. The van der Waals surface area contributed by atoms with E-state index in [0.717, 1.165) is 8.95 Å². The number of benzene rings is 4. The largest absolute Gasteiger partial charge is 0.482 e. The standard InChI is InChI=1S/C30H24Br2Cl2N2O4/c31-21-11-13-27(25(33)17-21)39-19-29(37)35(23-7-3-1-4-8-23)15-16-36(24-9-5-2-6-10-24)30(38)20-40-28-14-12-22(32)18-26(28)34/h1-14,17-18H,15-16,19-20H2. The predicted octanol–water partition coefficient (Wildman–Crippen LogP) is 8.04. The highest BCUT2D eigenvalue weighted by Gasteiger charge is 2.22. The van der Waals surface area contributed by atoms with Crippen LogP contribution in [0.1, 0.15) is 0 Å². The number of carbonyl (C=O) groups is 2. The molecule has 0 aliphatic rings. The third-order valence-corrected chi connectivity index (χ3v) is 7.35. The Morgan fingerprint density at radius 1 is 0.600 bits per heavy atom. The minimum absolute atomic E-state index is 0.208. The first kappa shape index (κ1) is 29.9. The second kappa shape index (κ2) is 14.6. The Morgan fingerprint density at radius 3 is 1.32 bits per heavy atom. The number of anilines is 2. The van der Waals surface area contributed by atoms with Crippen molar-refractivity contribution < 1.29 is 19.1 Å². The van der Waals surface area contributed by atoms with Gasteiger partial charge in [0.2, 0.25) is 0 Å². The number of ether oxygens (including phenoxy) is 2. The summed E-state index contributed by atoms with van der Waals surface area (Å²) in [5, 5.41) is 0.778. The number of amides is 2. The molecule has 0 heterocycles. The zero-order valence-electron chi connectivity index (χ0n) is 21.1. The molecule has 4 rings (SSSR count). The van der Waals surface area contributed by atoms with Crippen molar-refractivity contribution >= 4 is 78.3 Å². The number of para-hydroxylation sites is 2. The maximum atomic E-state index is 13.4. The molecule has 40 heavy (non-hydrogen) atoms. The highest BCUT2D eigenvalue weighted by Crippen LogP contribution is 2.29. The van der Waals surface area contributed by atoms with Crippen LogP contribution in [0.25, 0.3) is 0 Å². The van der Waals surface area contributed by atoms with Crippen LogP contribution in [0.3, 0.4) is 0 Å². The van der Waals surface area contributed by atoms with Gasteiger partial charge in [0.1, 0.15) is 11.5 Å². The molecule has 0 saturated heterocycles. The van der Waals surface area contributed by atoms with Gasteiger partial charge in [0.05, 0.1) is 10.0 Å². The molecule has 0 bridgehead atoms. The molecule has 10 heteroatoms. The molecule has 4 aromatic rings. The fourth-order valence-electron chi connectivity index (χ4n) is 3.83. The minimum atomic E-state index is -0.288. The highest BCUT2D eigenvalue weighted by molar-refractivity contribution is 9.10. The maximum absolute atomic E-state index is 13.4. The summed E-state index contributed by atoms with van der Waals surface area (Å²) in [6.07, 6.45) is 0. The van der Waals surface area contributed by atoms with Gasteiger partial charge in [0.25, 0.3) is 11.8 Å². The monoisotopic (exact) mass is 704 g/mol. The summed E-state index contributed by atoms with van der Waals surface area (Å²) in [6.45, 7) is -0.0543. The molecule has 4 aromatic carbocycles. The first-order valence-electron chi connectivity index (χ1n) is 12.2. The molecule has 0 saturated carbocycles. The average molecular weight is 707 g/mol. The molecule has 0 spiro atoms. The van der Waals surface area contributed by atoms with E-state index >= 15 is 0 Å². The first-order chi connectivity index (χ1) is 19.3. The van der Waals surface area contributed by atoms with Gasteiger partial charge in [0.15, 0.2) is 13.2 Å². The molecule has 6 nitrogen and oxygen atoms in total. The number of hydrogen-bond donors (Lipinski definition) is 0. The van der Waals surface area contributed by atoms with Gasteiger partial charge in [-0.05, 0) is 60.7 Å². The van der Waals surface area contributed by atoms with Crippen LogP contribution in [0.15, 0.2) is 106 Å². The van der Waals surface area contributed by atoms with Crippen molar-refractivity contribution in [3.05, 3.63) is 116 Å². The van der Waals surface area contributed by atoms with Crippen LogP contribution in [-0.4, -0.2) is 38.1 Å². The number of halogens is 4. The van der Waals surface area contributed by atoms with E-state index in [-0.39, 0.29) is 38.1 Å². The van der Waals surface area contributed by atoms with E-state index in [4.69, 9.17) is 32.7 Å². The van der Waals surface area contributed by atoms with Crippen LogP contribution in [0.2, 0.25) is 10.0 Å². The Bertz CT molecular complexity index is 1350. The maximum Gasteiger partial charge on any atom is 0.264 e.